The van der Waals surface area contributed by atoms with Crippen LogP contribution in [0, 0.1) is 6.92 Å². The monoisotopic (exact) mass is 332 g/mol. The smallest absolute Gasteiger partial charge is 0.276 e. The van der Waals surface area contributed by atoms with E-state index in [4.69, 9.17) is 4.52 Å². The SMILES string of the molecule is Cc1cccc(C2CCCN2C(=O)c2cc(-c3ccccc3)on2)c1. The van der Waals surface area contributed by atoms with Gasteiger partial charge in [0, 0.05) is 18.2 Å². The average Bonchev–Trinajstić information content (AvgIpc) is 3.32. The number of carbonyl (C=O) groups excluding carboxylic acids is 1. The van der Waals surface area contributed by atoms with Crippen molar-refractivity contribution in [1.82, 2.24) is 10.1 Å². The number of aryl methyl sites for hydroxylation is 1. The minimum Gasteiger partial charge on any atom is -0.355 e. The lowest BCUT2D eigenvalue weighted by atomic mass is 10.0. The van der Waals surface area contributed by atoms with Crippen LogP contribution in [0.2, 0.25) is 0 Å². The second-order valence-corrected chi connectivity index (χ2v) is 6.51. The summed E-state index contributed by atoms with van der Waals surface area (Å²) in [4.78, 5) is 14.9. The molecule has 0 N–H and O–H groups in total. The number of carbonyl (C=O) groups is 1. The second kappa shape index (κ2) is 6.55. The molecule has 25 heavy (non-hydrogen) atoms. The van der Waals surface area contributed by atoms with Crippen molar-refractivity contribution in [2.45, 2.75) is 25.8 Å². The maximum Gasteiger partial charge on any atom is 0.276 e. The molecule has 0 radical (unpaired) electrons. The number of hydrogen-bond acceptors (Lipinski definition) is 3. The third kappa shape index (κ3) is 3.07. The Morgan fingerprint density at radius 2 is 1.96 bits per heavy atom. The Morgan fingerprint density at radius 3 is 2.76 bits per heavy atom. The Hall–Kier alpha value is -2.88. The zero-order chi connectivity index (χ0) is 17.2. The number of rotatable bonds is 3. The molecule has 1 aliphatic heterocycles. The van der Waals surface area contributed by atoms with E-state index in [-0.39, 0.29) is 11.9 Å². The van der Waals surface area contributed by atoms with Gasteiger partial charge < -0.3 is 9.42 Å². The molecule has 0 aliphatic carbocycles. The third-order valence-electron chi connectivity index (χ3n) is 4.73. The van der Waals surface area contributed by atoms with E-state index < -0.39 is 0 Å². The Kier molecular flexibility index (Phi) is 4.10. The van der Waals surface area contributed by atoms with Crippen LogP contribution in [0.15, 0.2) is 65.2 Å². The van der Waals surface area contributed by atoms with Crippen LogP contribution in [-0.2, 0) is 0 Å². The van der Waals surface area contributed by atoms with Crippen molar-refractivity contribution in [3.63, 3.8) is 0 Å². The molecule has 1 saturated heterocycles. The van der Waals surface area contributed by atoms with Gasteiger partial charge in [-0.05, 0) is 25.3 Å². The van der Waals surface area contributed by atoms with Gasteiger partial charge in [-0.3, -0.25) is 4.79 Å². The molecule has 1 aromatic heterocycles. The first kappa shape index (κ1) is 15.6. The summed E-state index contributed by atoms with van der Waals surface area (Å²) < 4.78 is 5.39. The fourth-order valence-electron chi connectivity index (χ4n) is 3.50. The van der Waals surface area contributed by atoms with Gasteiger partial charge in [0.25, 0.3) is 5.91 Å². The molecule has 0 spiro atoms. The highest BCUT2D eigenvalue weighted by atomic mass is 16.5. The molecule has 1 atom stereocenters. The summed E-state index contributed by atoms with van der Waals surface area (Å²) in [5, 5.41) is 4.02. The zero-order valence-electron chi connectivity index (χ0n) is 14.2. The van der Waals surface area contributed by atoms with Gasteiger partial charge in [-0.2, -0.15) is 0 Å². The van der Waals surface area contributed by atoms with Crippen molar-refractivity contribution < 1.29 is 9.32 Å². The topological polar surface area (TPSA) is 46.3 Å². The molecule has 0 bridgehead atoms. The predicted octanol–water partition coefficient (Wildman–Crippen LogP) is 4.63. The number of amides is 1. The highest BCUT2D eigenvalue weighted by Gasteiger charge is 2.32. The normalized spacial score (nSPS) is 17.0. The van der Waals surface area contributed by atoms with Crippen LogP contribution in [0.4, 0.5) is 0 Å². The van der Waals surface area contributed by atoms with Crippen molar-refractivity contribution in [2.24, 2.45) is 0 Å². The molecular formula is C21H20N2O2. The standard InChI is InChI=1S/C21H20N2O2/c1-15-7-5-10-17(13-15)19-11-6-12-23(19)21(24)18-14-20(25-22-18)16-8-3-2-4-9-16/h2-5,7-10,13-14,19H,6,11-12H2,1H3. The summed E-state index contributed by atoms with van der Waals surface area (Å²) >= 11 is 0. The summed E-state index contributed by atoms with van der Waals surface area (Å²) in [6.07, 6.45) is 1.99. The first-order chi connectivity index (χ1) is 12.2. The fourth-order valence-corrected chi connectivity index (χ4v) is 3.50. The molecule has 2 aromatic carbocycles. The van der Waals surface area contributed by atoms with Crippen LogP contribution in [0.25, 0.3) is 11.3 Å². The molecule has 1 fully saturated rings. The highest BCUT2D eigenvalue weighted by Crippen LogP contribution is 2.33. The number of likely N-dealkylation sites (tertiary alicyclic amines) is 1. The van der Waals surface area contributed by atoms with Crippen molar-refractivity contribution in [2.75, 3.05) is 6.54 Å². The van der Waals surface area contributed by atoms with E-state index >= 15 is 0 Å². The van der Waals surface area contributed by atoms with Gasteiger partial charge in [0.05, 0.1) is 6.04 Å². The molecule has 4 nitrogen and oxygen atoms in total. The van der Waals surface area contributed by atoms with Crippen LogP contribution >= 0.6 is 0 Å². The van der Waals surface area contributed by atoms with Gasteiger partial charge in [-0.1, -0.05) is 65.3 Å². The van der Waals surface area contributed by atoms with E-state index in [1.165, 1.54) is 11.1 Å². The molecule has 3 aromatic rings. The highest BCUT2D eigenvalue weighted by molar-refractivity contribution is 5.93. The molecule has 4 heteroatoms. The summed E-state index contributed by atoms with van der Waals surface area (Å²) in [7, 11) is 0. The second-order valence-electron chi connectivity index (χ2n) is 6.51. The molecule has 1 aliphatic rings. The Labute approximate surface area is 147 Å². The zero-order valence-corrected chi connectivity index (χ0v) is 14.2. The third-order valence-corrected chi connectivity index (χ3v) is 4.73. The van der Waals surface area contributed by atoms with E-state index in [2.05, 4.69) is 36.3 Å². The number of aromatic nitrogens is 1. The lowest BCUT2D eigenvalue weighted by Gasteiger charge is -2.24. The first-order valence-electron chi connectivity index (χ1n) is 8.62. The summed E-state index contributed by atoms with van der Waals surface area (Å²) in [5.74, 6) is 0.560. The van der Waals surface area contributed by atoms with Crippen LogP contribution in [0.5, 0.6) is 0 Å². The summed E-state index contributed by atoms with van der Waals surface area (Å²) in [6.45, 7) is 2.83. The average molecular weight is 332 g/mol. The quantitative estimate of drug-likeness (QED) is 0.702. The largest absolute Gasteiger partial charge is 0.355 e. The van der Waals surface area contributed by atoms with Gasteiger partial charge in [0.2, 0.25) is 0 Å². The van der Waals surface area contributed by atoms with Crippen molar-refractivity contribution >= 4 is 5.91 Å². The lowest BCUT2D eigenvalue weighted by molar-refractivity contribution is 0.0725. The van der Waals surface area contributed by atoms with Gasteiger partial charge in [0.1, 0.15) is 0 Å². The Morgan fingerprint density at radius 1 is 1.12 bits per heavy atom. The first-order valence-corrected chi connectivity index (χ1v) is 8.62. The predicted molar refractivity (Wildman–Crippen MR) is 96.1 cm³/mol. The molecule has 4 rings (SSSR count). The number of nitrogens with zero attached hydrogens (tertiary/aromatic N) is 2. The van der Waals surface area contributed by atoms with E-state index in [0.717, 1.165) is 24.9 Å². The van der Waals surface area contributed by atoms with Crippen LogP contribution in [0.1, 0.15) is 40.5 Å². The Bertz CT molecular complexity index is 886. The molecule has 0 saturated carbocycles. The van der Waals surface area contributed by atoms with Gasteiger partial charge >= 0.3 is 0 Å². The molecule has 126 valence electrons. The molecule has 1 unspecified atom stereocenters. The maximum atomic E-state index is 13.0. The van der Waals surface area contributed by atoms with Crippen LogP contribution in [0.3, 0.4) is 0 Å². The minimum atomic E-state index is -0.0602. The maximum absolute atomic E-state index is 13.0. The van der Waals surface area contributed by atoms with Gasteiger partial charge in [-0.25, -0.2) is 0 Å². The van der Waals surface area contributed by atoms with E-state index in [1.54, 1.807) is 6.07 Å². The molecule has 1 amide bonds. The van der Waals surface area contributed by atoms with Gasteiger partial charge in [0.15, 0.2) is 11.5 Å². The molecular weight excluding hydrogens is 312 g/mol. The van der Waals surface area contributed by atoms with Gasteiger partial charge in [-0.15, -0.1) is 0 Å². The fraction of sp³-hybridized carbons (Fsp3) is 0.238. The van der Waals surface area contributed by atoms with Crippen LogP contribution in [-0.4, -0.2) is 22.5 Å². The van der Waals surface area contributed by atoms with E-state index in [9.17, 15) is 4.79 Å². The van der Waals surface area contributed by atoms with Crippen LogP contribution < -0.4 is 0 Å². The number of benzene rings is 2. The molecule has 2 heterocycles. The van der Waals surface area contributed by atoms with Crippen molar-refractivity contribution in [3.8, 4) is 11.3 Å². The van der Waals surface area contributed by atoms with Crippen molar-refractivity contribution in [3.05, 3.63) is 77.5 Å². The minimum absolute atomic E-state index is 0.0602. The van der Waals surface area contributed by atoms with E-state index in [0.29, 0.717) is 11.5 Å². The van der Waals surface area contributed by atoms with Crippen molar-refractivity contribution in [1.29, 1.82) is 0 Å². The summed E-state index contributed by atoms with van der Waals surface area (Å²) in [5.41, 5.74) is 3.70. The lowest BCUT2D eigenvalue weighted by Crippen LogP contribution is -2.30. The Balaban J connectivity index is 1.59. The number of hydrogen-bond donors (Lipinski definition) is 0. The van der Waals surface area contributed by atoms with E-state index in [1.807, 2.05) is 35.2 Å². The summed E-state index contributed by atoms with van der Waals surface area (Å²) in [6, 6.07) is 20.0.